The zero-order chi connectivity index (χ0) is 11.0. The maximum Gasteiger partial charge on any atom is 0.00639 e. The van der Waals surface area contributed by atoms with Gasteiger partial charge in [-0.05, 0) is 59.3 Å². The highest BCUT2D eigenvalue weighted by molar-refractivity contribution is 4.64. The minimum absolute atomic E-state index is 0.731. The van der Waals surface area contributed by atoms with Crippen molar-refractivity contribution in [2.24, 2.45) is 5.92 Å². The summed E-state index contributed by atoms with van der Waals surface area (Å²) in [5, 5.41) is 3.19. The number of nitrogens with zero attached hydrogens (tertiary/aromatic N) is 1. The Kier molecular flexibility index (Phi) is 8.20. The first-order valence-corrected chi connectivity index (χ1v) is 5.92. The van der Waals surface area contributed by atoms with Gasteiger partial charge in [0.05, 0.1) is 0 Å². The molecule has 0 heterocycles. The highest BCUT2D eigenvalue weighted by Crippen LogP contribution is 2.10. The van der Waals surface area contributed by atoms with Gasteiger partial charge in [-0.2, -0.15) is 0 Å². The van der Waals surface area contributed by atoms with E-state index >= 15 is 0 Å². The molecule has 0 aliphatic carbocycles. The van der Waals surface area contributed by atoms with E-state index in [1.165, 1.54) is 25.8 Å². The predicted octanol–water partition coefficient (Wildman–Crippen LogP) is 2.35. The Bertz CT molecular complexity index is 123. The molecule has 0 aromatic heterocycles. The Balaban J connectivity index is 3.49. The first-order valence-electron chi connectivity index (χ1n) is 5.92. The van der Waals surface area contributed by atoms with Gasteiger partial charge in [-0.3, -0.25) is 0 Å². The summed E-state index contributed by atoms with van der Waals surface area (Å²) in [6.07, 6.45) is 3.92. The van der Waals surface area contributed by atoms with Crippen molar-refractivity contribution in [3.8, 4) is 0 Å². The summed E-state index contributed by atoms with van der Waals surface area (Å²) in [5.41, 5.74) is 0. The van der Waals surface area contributed by atoms with Crippen LogP contribution in [0.3, 0.4) is 0 Å². The monoisotopic (exact) mass is 200 g/mol. The largest absolute Gasteiger partial charge is 0.320 e. The summed E-state index contributed by atoms with van der Waals surface area (Å²) < 4.78 is 0. The molecule has 0 saturated heterocycles. The molecule has 0 radical (unpaired) electrons. The summed E-state index contributed by atoms with van der Waals surface area (Å²) in [6.45, 7) is 9.27. The fraction of sp³-hybridized carbons (Fsp3) is 1.00. The lowest BCUT2D eigenvalue weighted by Crippen LogP contribution is -2.31. The van der Waals surface area contributed by atoms with Gasteiger partial charge in [0.2, 0.25) is 0 Å². The van der Waals surface area contributed by atoms with Crippen molar-refractivity contribution in [3.63, 3.8) is 0 Å². The normalized spacial score (nSPS) is 13.9. The third-order valence-electron chi connectivity index (χ3n) is 2.85. The summed E-state index contributed by atoms with van der Waals surface area (Å²) in [6, 6.07) is 0.731. The number of nitrogens with one attached hydrogen (secondary N) is 1. The van der Waals surface area contributed by atoms with Gasteiger partial charge in [-0.25, -0.2) is 0 Å². The van der Waals surface area contributed by atoms with Crippen LogP contribution >= 0.6 is 0 Å². The average Bonchev–Trinajstić information content (AvgIpc) is 2.14. The second kappa shape index (κ2) is 8.25. The molecule has 2 heteroatoms. The molecule has 0 aliphatic rings. The second-order valence-corrected chi connectivity index (χ2v) is 4.76. The van der Waals surface area contributed by atoms with E-state index in [0.29, 0.717) is 0 Å². The van der Waals surface area contributed by atoms with Crippen LogP contribution < -0.4 is 5.32 Å². The molecular weight excluding hydrogens is 172 g/mol. The van der Waals surface area contributed by atoms with E-state index in [2.05, 4.69) is 38.0 Å². The van der Waals surface area contributed by atoms with Crippen LogP contribution in [0.15, 0.2) is 0 Å². The highest BCUT2D eigenvalue weighted by atomic mass is 15.1. The lowest BCUT2D eigenvalue weighted by atomic mass is 10.0. The maximum absolute atomic E-state index is 3.19. The molecule has 1 atom stereocenters. The third kappa shape index (κ3) is 7.34. The van der Waals surface area contributed by atoms with E-state index in [9.17, 15) is 0 Å². The van der Waals surface area contributed by atoms with Gasteiger partial charge in [0.1, 0.15) is 0 Å². The maximum atomic E-state index is 3.19. The van der Waals surface area contributed by atoms with E-state index in [4.69, 9.17) is 0 Å². The third-order valence-corrected chi connectivity index (χ3v) is 2.85. The Morgan fingerprint density at radius 1 is 1.14 bits per heavy atom. The van der Waals surface area contributed by atoms with Crippen molar-refractivity contribution in [2.45, 2.75) is 46.1 Å². The average molecular weight is 200 g/mol. The first kappa shape index (κ1) is 13.9. The topological polar surface area (TPSA) is 15.3 Å². The minimum Gasteiger partial charge on any atom is -0.320 e. The Hall–Kier alpha value is -0.0800. The lowest BCUT2D eigenvalue weighted by Gasteiger charge is -2.25. The lowest BCUT2D eigenvalue weighted by molar-refractivity contribution is 0.233. The van der Waals surface area contributed by atoms with E-state index < -0.39 is 0 Å². The van der Waals surface area contributed by atoms with E-state index in [-0.39, 0.29) is 0 Å². The fourth-order valence-corrected chi connectivity index (χ4v) is 1.52. The van der Waals surface area contributed by atoms with Crippen molar-refractivity contribution < 1.29 is 0 Å². The molecular formula is C12H28N2. The SMILES string of the molecule is CNCCCN(C)C(C)CCC(C)C. The van der Waals surface area contributed by atoms with Gasteiger partial charge in [-0.1, -0.05) is 13.8 Å². The molecule has 86 valence electrons. The summed E-state index contributed by atoms with van der Waals surface area (Å²) in [7, 11) is 4.25. The van der Waals surface area contributed by atoms with E-state index in [1.807, 2.05) is 7.05 Å². The Morgan fingerprint density at radius 3 is 2.29 bits per heavy atom. The van der Waals surface area contributed by atoms with Gasteiger partial charge in [-0.15, -0.1) is 0 Å². The highest BCUT2D eigenvalue weighted by Gasteiger charge is 2.08. The Labute approximate surface area is 90.1 Å². The van der Waals surface area contributed by atoms with Crippen LogP contribution in [0.1, 0.15) is 40.0 Å². The summed E-state index contributed by atoms with van der Waals surface area (Å²) in [5.74, 6) is 0.836. The predicted molar refractivity (Wildman–Crippen MR) is 64.7 cm³/mol. The smallest absolute Gasteiger partial charge is 0.00639 e. The van der Waals surface area contributed by atoms with Crippen LogP contribution in [0, 0.1) is 5.92 Å². The van der Waals surface area contributed by atoms with Gasteiger partial charge < -0.3 is 10.2 Å². The standard InChI is InChI=1S/C12H28N2/c1-11(2)7-8-12(3)14(5)10-6-9-13-4/h11-13H,6-10H2,1-5H3. The molecule has 0 fully saturated rings. The molecule has 1 N–H and O–H groups in total. The molecule has 2 nitrogen and oxygen atoms in total. The van der Waals surface area contributed by atoms with Gasteiger partial charge in [0.25, 0.3) is 0 Å². The molecule has 0 aromatic carbocycles. The zero-order valence-electron chi connectivity index (χ0n) is 10.6. The van der Waals surface area contributed by atoms with Crippen LogP contribution in [0.25, 0.3) is 0 Å². The second-order valence-electron chi connectivity index (χ2n) is 4.76. The molecule has 1 unspecified atom stereocenters. The van der Waals surface area contributed by atoms with Crippen LogP contribution in [0.5, 0.6) is 0 Å². The van der Waals surface area contributed by atoms with Crippen LogP contribution in [0.4, 0.5) is 0 Å². The minimum atomic E-state index is 0.731. The molecule has 0 bridgehead atoms. The molecule has 0 rings (SSSR count). The van der Waals surface area contributed by atoms with Gasteiger partial charge >= 0.3 is 0 Å². The quantitative estimate of drug-likeness (QED) is 0.605. The van der Waals surface area contributed by atoms with E-state index in [1.54, 1.807) is 0 Å². The number of hydrogen-bond donors (Lipinski definition) is 1. The van der Waals surface area contributed by atoms with Gasteiger partial charge in [0, 0.05) is 6.04 Å². The Morgan fingerprint density at radius 2 is 1.79 bits per heavy atom. The zero-order valence-corrected chi connectivity index (χ0v) is 10.6. The fourth-order valence-electron chi connectivity index (χ4n) is 1.52. The van der Waals surface area contributed by atoms with Crippen molar-refractivity contribution in [2.75, 3.05) is 27.2 Å². The molecule has 0 aromatic rings. The van der Waals surface area contributed by atoms with Gasteiger partial charge in [0.15, 0.2) is 0 Å². The molecule has 0 aliphatic heterocycles. The molecule has 0 spiro atoms. The van der Waals surface area contributed by atoms with Crippen LogP contribution in [-0.2, 0) is 0 Å². The van der Waals surface area contributed by atoms with Crippen molar-refractivity contribution >= 4 is 0 Å². The van der Waals surface area contributed by atoms with Crippen molar-refractivity contribution in [1.82, 2.24) is 10.2 Å². The summed E-state index contributed by atoms with van der Waals surface area (Å²) >= 11 is 0. The van der Waals surface area contributed by atoms with Crippen LogP contribution in [0.2, 0.25) is 0 Å². The number of rotatable bonds is 8. The molecule has 14 heavy (non-hydrogen) atoms. The molecule has 0 saturated carbocycles. The first-order chi connectivity index (χ1) is 6.57. The van der Waals surface area contributed by atoms with Crippen molar-refractivity contribution in [1.29, 1.82) is 0 Å². The van der Waals surface area contributed by atoms with Crippen LogP contribution in [-0.4, -0.2) is 38.1 Å². The van der Waals surface area contributed by atoms with Crippen molar-refractivity contribution in [3.05, 3.63) is 0 Å². The molecule has 0 amide bonds. The summed E-state index contributed by atoms with van der Waals surface area (Å²) in [4.78, 5) is 2.47. The van der Waals surface area contributed by atoms with E-state index in [0.717, 1.165) is 18.5 Å². The number of hydrogen-bond acceptors (Lipinski definition) is 2.